The Balaban J connectivity index is 2.27. The first-order chi connectivity index (χ1) is 9.58. The van der Waals surface area contributed by atoms with Crippen molar-refractivity contribution in [3.05, 3.63) is 46.2 Å². The smallest absolute Gasteiger partial charge is 0.192 e. The van der Waals surface area contributed by atoms with Gasteiger partial charge in [0.05, 0.1) is 0 Å². The molecule has 106 valence electrons. The van der Waals surface area contributed by atoms with Crippen LogP contribution in [-0.2, 0) is 6.42 Å². The predicted molar refractivity (Wildman–Crippen MR) is 87.0 cm³/mol. The van der Waals surface area contributed by atoms with Gasteiger partial charge < -0.3 is 5.73 Å². The van der Waals surface area contributed by atoms with Crippen molar-refractivity contribution < 1.29 is 0 Å². The lowest BCUT2D eigenvalue weighted by atomic mass is 10.1. The number of benzene rings is 1. The molecule has 0 saturated carbocycles. The average molecular weight is 352 g/mol. The van der Waals surface area contributed by atoms with E-state index < -0.39 is 0 Å². The zero-order chi connectivity index (χ0) is 14.5. The second-order valence-corrected chi connectivity index (χ2v) is 6.63. The standard InChI is InChI=1S/C15H18BrN3S/c1-3-13(17)8-11-4-5-12(16)9-14(11)20-15-18-7-6-10(2)19-15/h4-7,9,13H,3,8,17H2,1-2H3. The van der Waals surface area contributed by atoms with Gasteiger partial charge in [-0.1, -0.05) is 28.9 Å². The molecule has 0 aliphatic heterocycles. The highest BCUT2D eigenvalue weighted by molar-refractivity contribution is 9.10. The van der Waals surface area contributed by atoms with E-state index in [9.17, 15) is 0 Å². The van der Waals surface area contributed by atoms with Crippen LogP contribution in [-0.4, -0.2) is 16.0 Å². The van der Waals surface area contributed by atoms with E-state index in [1.807, 2.05) is 13.0 Å². The van der Waals surface area contributed by atoms with Crippen LogP contribution < -0.4 is 5.73 Å². The molecule has 3 nitrogen and oxygen atoms in total. The number of rotatable bonds is 5. The van der Waals surface area contributed by atoms with E-state index in [4.69, 9.17) is 5.73 Å². The molecule has 2 rings (SSSR count). The molecule has 5 heteroatoms. The summed E-state index contributed by atoms with van der Waals surface area (Å²) in [5.74, 6) is 0. The number of halogens is 1. The summed E-state index contributed by atoms with van der Waals surface area (Å²) < 4.78 is 1.06. The maximum absolute atomic E-state index is 6.08. The average Bonchev–Trinajstić information content (AvgIpc) is 2.41. The summed E-state index contributed by atoms with van der Waals surface area (Å²) in [7, 11) is 0. The molecule has 2 aromatic rings. The molecular formula is C15H18BrN3S. The summed E-state index contributed by atoms with van der Waals surface area (Å²) in [5.41, 5.74) is 8.30. The van der Waals surface area contributed by atoms with Crippen molar-refractivity contribution in [2.24, 2.45) is 5.73 Å². The number of hydrogen-bond acceptors (Lipinski definition) is 4. The summed E-state index contributed by atoms with van der Waals surface area (Å²) in [4.78, 5) is 9.92. The minimum absolute atomic E-state index is 0.189. The summed E-state index contributed by atoms with van der Waals surface area (Å²) >= 11 is 5.11. The van der Waals surface area contributed by atoms with Gasteiger partial charge in [0.1, 0.15) is 0 Å². The van der Waals surface area contributed by atoms with Crippen molar-refractivity contribution in [3.63, 3.8) is 0 Å². The van der Waals surface area contributed by atoms with Gasteiger partial charge in [0.15, 0.2) is 5.16 Å². The Morgan fingerprint density at radius 1 is 1.35 bits per heavy atom. The molecule has 1 aromatic heterocycles. The maximum Gasteiger partial charge on any atom is 0.192 e. The lowest BCUT2D eigenvalue weighted by molar-refractivity contribution is 0.641. The van der Waals surface area contributed by atoms with Gasteiger partial charge in [-0.15, -0.1) is 0 Å². The van der Waals surface area contributed by atoms with Crippen LogP contribution in [0.2, 0.25) is 0 Å². The van der Waals surface area contributed by atoms with E-state index in [0.29, 0.717) is 0 Å². The molecule has 0 amide bonds. The van der Waals surface area contributed by atoms with E-state index in [0.717, 1.165) is 33.1 Å². The van der Waals surface area contributed by atoms with Crippen molar-refractivity contribution in [2.75, 3.05) is 0 Å². The molecular weight excluding hydrogens is 334 g/mol. The van der Waals surface area contributed by atoms with E-state index in [1.165, 1.54) is 5.56 Å². The number of hydrogen-bond donors (Lipinski definition) is 1. The van der Waals surface area contributed by atoms with Crippen LogP contribution in [0, 0.1) is 6.92 Å². The second kappa shape index (κ2) is 7.20. The third-order valence-corrected chi connectivity index (χ3v) is 4.48. The van der Waals surface area contributed by atoms with E-state index in [1.54, 1.807) is 18.0 Å². The Hall–Kier alpha value is -0.910. The van der Waals surface area contributed by atoms with E-state index in [-0.39, 0.29) is 6.04 Å². The van der Waals surface area contributed by atoms with Crippen LogP contribution in [0.5, 0.6) is 0 Å². The molecule has 0 aliphatic rings. The first kappa shape index (κ1) is 15.5. The summed E-state index contributed by atoms with van der Waals surface area (Å²) in [6.07, 6.45) is 3.64. The van der Waals surface area contributed by atoms with Crippen molar-refractivity contribution in [3.8, 4) is 0 Å². The van der Waals surface area contributed by atoms with Crippen molar-refractivity contribution in [1.82, 2.24) is 9.97 Å². The zero-order valence-electron chi connectivity index (χ0n) is 11.6. The fourth-order valence-corrected chi connectivity index (χ4v) is 3.27. The Bertz CT molecular complexity index is 589. The summed E-state index contributed by atoms with van der Waals surface area (Å²) in [5, 5.41) is 0.773. The molecule has 1 unspecified atom stereocenters. The molecule has 0 spiro atoms. The Morgan fingerprint density at radius 3 is 2.85 bits per heavy atom. The lowest BCUT2D eigenvalue weighted by Crippen LogP contribution is -2.21. The van der Waals surface area contributed by atoms with Gasteiger partial charge in [0.2, 0.25) is 0 Å². The number of aromatic nitrogens is 2. The van der Waals surface area contributed by atoms with Crippen molar-refractivity contribution in [1.29, 1.82) is 0 Å². The Labute approximate surface area is 132 Å². The molecule has 1 aromatic carbocycles. The summed E-state index contributed by atoms with van der Waals surface area (Å²) in [6, 6.07) is 8.37. The predicted octanol–water partition coefficient (Wildman–Crippen LogP) is 3.98. The molecule has 1 heterocycles. The van der Waals surface area contributed by atoms with Crippen LogP contribution in [0.15, 0.2) is 45.0 Å². The first-order valence-electron chi connectivity index (χ1n) is 6.60. The van der Waals surface area contributed by atoms with Crippen LogP contribution >= 0.6 is 27.7 Å². The molecule has 0 bridgehead atoms. The van der Waals surface area contributed by atoms with Gasteiger partial charge in [-0.2, -0.15) is 0 Å². The van der Waals surface area contributed by atoms with Gasteiger partial charge in [0.25, 0.3) is 0 Å². The zero-order valence-corrected chi connectivity index (χ0v) is 14.0. The second-order valence-electron chi connectivity index (χ2n) is 4.71. The molecule has 20 heavy (non-hydrogen) atoms. The lowest BCUT2D eigenvalue weighted by Gasteiger charge is -2.13. The quantitative estimate of drug-likeness (QED) is 0.827. The monoisotopic (exact) mass is 351 g/mol. The Morgan fingerprint density at radius 2 is 2.15 bits per heavy atom. The van der Waals surface area contributed by atoms with Gasteiger partial charge in [-0.05, 0) is 55.3 Å². The number of nitrogens with two attached hydrogens (primary N) is 1. The number of nitrogens with zero attached hydrogens (tertiary/aromatic N) is 2. The third-order valence-electron chi connectivity index (χ3n) is 3.01. The number of aryl methyl sites for hydroxylation is 1. The van der Waals surface area contributed by atoms with E-state index in [2.05, 4.69) is 51.0 Å². The molecule has 0 saturated heterocycles. The molecule has 2 N–H and O–H groups in total. The topological polar surface area (TPSA) is 51.8 Å². The third kappa shape index (κ3) is 4.30. The van der Waals surface area contributed by atoms with Crippen molar-refractivity contribution in [2.45, 2.75) is 42.8 Å². The minimum Gasteiger partial charge on any atom is -0.327 e. The Kier molecular flexibility index (Phi) is 5.57. The highest BCUT2D eigenvalue weighted by atomic mass is 79.9. The highest BCUT2D eigenvalue weighted by Gasteiger charge is 2.10. The van der Waals surface area contributed by atoms with Gasteiger partial charge in [-0.3, -0.25) is 0 Å². The first-order valence-corrected chi connectivity index (χ1v) is 8.21. The summed E-state index contributed by atoms with van der Waals surface area (Å²) in [6.45, 7) is 4.08. The van der Waals surface area contributed by atoms with E-state index >= 15 is 0 Å². The molecule has 0 aliphatic carbocycles. The minimum atomic E-state index is 0.189. The largest absolute Gasteiger partial charge is 0.327 e. The van der Waals surface area contributed by atoms with Crippen LogP contribution in [0.3, 0.4) is 0 Å². The maximum atomic E-state index is 6.08. The molecule has 1 atom stereocenters. The normalized spacial score (nSPS) is 12.4. The van der Waals surface area contributed by atoms with Crippen LogP contribution in [0.25, 0.3) is 0 Å². The van der Waals surface area contributed by atoms with Gasteiger partial charge in [-0.25, -0.2) is 9.97 Å². The fourth-order valence-electron chi connectivity index (χ4n) is 1.79. The van der Waals surface area contributed by atoms with Gasteiger partial charge in [0, 0.05) is 27.3 Å². The highest BCUT2D eigenvalue weighted by Crippen LogP contribution is 2.31. The SMILES string of the molecule is CCC(N)Cc1ccc(Br)cc1Sc1nccc(C)n1. The van der Waals surface area contributed by atoms with Crippen LogP contribution in [0.1, 0.15) is 24.6 Å². The molecule has 0 radical (unpaired) electrons. The van der Waals surface area contributed by atoms with Gasteiger partial charge >= 0.3 is 0 Å². The fraction of sp³-hybridized carbons (Fsp3) is 0.333. The van der Waals surface area contributed by atoms with Crippen molar-refractivity contribution >= 4 is 27.7 Å². The molecule has 0 fully saturated rings. The van der Waals surface area contributed by atoms with Crippen LogP contribution in [0.4, 0.5) is 0 Å².